The highest BCUT2D eigenvalue weighted by Crippen LogP contribution is 1.97. The Morgan fingerprint density at radius 1 is 1.06 bits per heavy atom. The number of amides is 3. The van der Waals surface area contributed by atoms with E-state index >= 15 is 0 Å². The van der Waals surface area contributed by atoms with Crippen molar-refractivity contribution in [2.24, 2.45) is 5.73 Å². The number of carbonyl (C=O) groups excluding carboxylic acids is 2. The zero-order chi connectivity index (χ0) is 13.2. The maximum absolute atomic E-state index is 11.4. The monoisotopic (exact) mass is 249 g/mol. The summed E-state index contributed by atoms with van der Waals surface area (Å²) in [5.41, 5.74) is 6.06. The van der Waals surface area contributed by atoms with E-state index in [-0.39, 0.29) is 11.9 Å². The molecule has 3 amide bonds. The molecule has 98 valence electrons. The topological polar surface area (TPSA) is 84.2 Å². The summed E-state index contributed by atoms with van der Waals surface area (Å²) < 4.78 is 0. The molecule has 5 nitrogen and oxygen atoms in total. The fourth-order valence-corrected chi connectivity index (χ4v) is 1.47. The van der Waals surface area contributed by atoms with Crippen molar-refractivity contribution in [2.45, 2.75) is 25.8 Å². The van der Waals surface area contributed by atoms with Crippen molar-refractivity contribution in [3.8, 4) is 0 Å². The standard InChI is InChI=1S/C13H19N3O2/c14-12(17)8-4-5-9-15-13(18)16-10-11-6-2-1-3-7-11/h1-3,6-7H,4-5,8-10H2,(H2,14,17)(H2,15,16,18). The molecule has 0 atom stereocenters. The molecular weight excluding hydrogens is 230 g/mol. The molecule has 1 aromatic rings. The van der Waals surface area contributed by atoms with Crippen LogP contribution in [0.4, 0.5) is 4.79 Å². The van der Waals surface area contributed by atoms with Crippen LogP contribution in [0.3, 0.4) is 0 Å². The summed E-state index contributed by atoms with van der Waals surface area (Å²) in [5, 5.41) is 5.48. The van der Waals surface area contributed by atoms with Gasteiger partial charge >= 0.3 is 6.03 Å². The number of primary amides is 1. The maximum Gasteiger partial charge on any atom is 0.315 e. The molecule has 0 fully saturated rings. The van der Waals surface area contributed by atoms with E-state index < -0.39 is 0 Å². The molecule has 0 saturated carbocycles. The van der Waals surface area contributed by atoms with Crippen LogP contribution in [0.15, 0.2) is 30.3 Å². The molecule has 1 aromatic carbocycles. The van der Waals surface area contributed by atoms with Crippen LogP contribution in [0.2, 0.25) is 0 Å². The van der Waals surface area contributed by atoms with E-state index in [1.807, 2.05) is 30.3 Å². The Balaban J connectivity index is 2.06. The quantitative estimate of drug-likeness (QED) is 0.633. The molecule has 0 aromatic heterocycles. The van der Waals surface area contributed by atoms with Gasteiger partial charge in [-0.05, 0) is 18.4 Å². The molecule has 0 aliphatic carbocycles. The number of hydrogen-bond acceptors (Lipinski definition) is 2. The molecule has 0 unspecified atom stereocenters. The van der Waals surface area contributed by atoms with E-state index in [2.05, 4.69) is 10.6 Å². The van der Waals surface area contributed by atoms with Crippen molar-refractivity contribution in [3.63, 3.8) is 0 Å². The van der Waals surface area contributed by atoms with Crippen LogP contribution < -0.4 is 16.4 Å². The molecule has 5 heteroatoms. The Labute approximate surface area is 107 Å². The Kier molecular flexibility index (Phi) is 6.32. The second-order valence-electron chi connectivity index (χ2n) is 4.02. The third kappa shape index (κ3) is 6.52. The van der Waals surface area contributed by atoms with Gasteiger partial charge in [-0.1, -0.05) is 30.3 Å². The van der Waals surface area contributed by atoms with Gasteiger partial charge < -0.3 is 16.4 Å². The van der Waals surface area contributed by atoms with Crippen LogP contribution in [0.5, 0.6) is 0 Å². The number of unbranched alkanes of at least 4 members (excludes halogenated alkanes) is 1. The van der Waals surface area contributed by atoms with Gasteiger partial charge in [0.05, 0.1) is 0 Å². The predicted molar refractivity (Wildman–Crippen MR) is 69.7 cm³/mol. The van der Waals surface area contributed by atoms with Gasteiger partial charge in [0.1, 0.15) is 0 Å². The molecule has 0 bridgehead atoms. The van der Waals surface area contributed by atoms with Crippen molar-refractivity contribution in [1.29, 1.82) is 0 Å². The maximum atomic E-state index is 11.4. The zero-order valence-electron chi connectivity index (χ0n) is 10.3. The number of benzene rings is 1. The summed E-state index contributed by atoms with van der Waals surface area (Å²) in [5.74, 6) is -0.302. The predicted octanol–water partition coefficient (Wildman–Crippen LogP) is 1.14. The number of nitrogens with two attached hydrogens (primary N) is 1. The lowest BCUT2D eigenvalue weighted by Gasteiger charge is -2.07. The fourth-order valence-electron chi connectivity index (χ4n) is 1.47. The average molecular weight is 249 g/mol. The zero-order valence-corrected chi connectivity index (χ0v) is 10.3. The second-order valence-corrected chi connectivity index (χ2v) is 4.02. The molecule has 0 heterocycles. The molecule has 0 saturated heterocycles. The second kappa shape index (κ2) is 8.11. The highest BCUT2D eigenvalue weighted by molar-refractivity contribution is 5.74. The Morgan fingerprint density at radius 3 is 2.44 bits per heavy atom. The van der Waals surface area contributed by atoms with Gasteiger partial charge in [0.2, 0.25) is 5.91 Å². The van der Waals surface area contributed by atoms with Crippen LogP contribution in [0, 0.1) is 0 Å². The van der Waals surface area contributed by atoms with Crippen molar-refractivity contribution < 1.29 is 9.59 Å². The molecule has 18 heavy (non-hydrogen) atoms. The first-order valence-corrected chi connectivity index (χ1v) is 6.02. The Bertz CT molecular complexity index is 379. The highest BCUT2D eigenvalue weighted by Gasteiger charge is 2.00. The largest absolute Gasteiger partial charge is 0.370 e. The summed E-state index contributed by atoms with van der Waals surface area (Å²) in [6.07, 6.45) is 1.82. The molecular formula is C13H19N3O2. The van der Waals surface area contributed by atoms with E-state index in [4.69, 9.17) is 5.73 Å². The van der Waals surface area contributed by atoms with Crippen molar-refractivity contribution in [3.05, 3.63) is 35.9 Å². The Morgan fingerprint density at radius 2 is 1.78 bits per heavy atom. The SMILES string of the molecule is NC(=O)CCCCNC(=O)NCc1ccccc1. The van der Waals surface area contributed by atoms with Gasteiger partial charge in [0.15, 0.2) is 0 Å². The lowest BCUT2D eigenvalue weighted by molar-refractivity contribution is -0.118. The van der Waals surface area contributed by atoms with Gasteiger partial charge in [-0.3, -0.25) is 4.79 Å². The van der Waals surface area contributed by atoms with Crippen LogP contribution >= 0.6 is 0 Å². The summed E-state index contributed by atoms with van der Waals surface area (Å²) in [7, 11) is 0. The van der Waals surface area contributed by atoms with E-state index in [9.17, 15) is 9.59 Å². The minimum atomic E-state index is -0.302. The van der Waals surface area contributed by atoms with Crippen LogP contribution in [-0.2, 0) is 11.3 Å². The first kappa shape index (κ1) is 14.0. The van der Waals surface area contributed by atoms with E-state index in [0.29, 0.717) is 25.9 Å². The molecule has 1 rings (SSSR count). The van der Waals surface area contributed by atoms with Crippen LogP contribution in [0.1, 0.15) is 24.8 Å². The van der Waals surface area contributed by atoms with Gasteiger partial charge in [-0.2, -0.15) is 0 Å². The molecule has 4 N–H and O–H groups in total. The molecule has 0 radical (unpaired) electrons. The lowest BCUT2D eigenvalue weighted by Crippen LogP contribution is -2.35. The third-order valence-corrected chi connectivity index (χ3v) is 2.43. The first-order chi connectivity index (χ1) is 8.68. The average Bonchev–Trinajstić information content (AvgIpc) is 2.37. The fraction of sp³-hybridized carbons (Fsp3) is 0.385. The van der Waals surface area contributed by atoms with E-state index in [0.717, 1.165) is 12.0 Å². The summed E-state index contributed by atoms with van der Waals surface area (Å²) >= 11 is 0. The summed E-state index contributed by atoms with van der Waals surface area (Å²) in [6, 6.07) is 9.50. The third-order valence-electron chi connectivity index (χ3n) is 2.43. The van der Waals surface area contributed by atoms with Gasteiger partial charge in [-0.25, -0.2) is 4.79 Å². The van der Waals surface area contributed by atoms with Gasteiger partial charge in [0, 0.05) is 19.5 Å². The van der Waals surface area contributed by atoms with Gasteiger partial charge in [0.25, 0.3) is 0 Å². The minimum Gasteiger partial charge on any atom is -0.370 e. The van der Waals surface area contributed by atoms with E-state index in [1.165, 1.54) is 0 Å². The van der Waals surface area contributed by atoms with E-state index in [1.54, 1.807) is 0 Å². The normalized spacial score (nSPS) is 9.78. The van der Waals surface area contributed by atoms with Crippen LogP contribution in [-0.4, -0.2) is 18.5 Å². The number of hydrogen-bond donors (Lipinski definition) is 3. The van der Waals surface area contributed by atoms with Crippen molar-refractivity contribution in [1.82, 2.24) is 10.6 Å². The van der Waals surface area contributed by atoms with Crippen molar-refractivity contribution in [2.75, 3.05) is 6.54 Å². The van der Waals surface area contributed by atoms with Crippen LogP contribution in [0.25, 0.3) is 0 Å². The highest BCUT2D eigenvalue weighted by atomic mass is 16.2. The summed E-state index contributed by atoms with van der Waals surface area (Å²) in [4.78, 5) is 21.9. The summed E-state index contributed by atoms with van der Waals surface area (Å²) in [6.45, 7) is 1.06. The number of nitrogens with one attached hydrogen (secondary N) is 2. The molecule has 0 aliphatic rings. The van der Waals surface area contributed by atoms with Gasteiger partial charge in [-0.15, -0.1) is 0 Å². The number of carbonyl (C=O) groups is 2. The minimum absolute atomic E-state index is 0.196. The molecule has 0 spiro atoms. The number of rotatable bonds is 7. The first-order valence-electron chi connectivity index (χ1n) is 6.02. The smallest absolute Gasteiger partial charge is 0.315 e. The number of urea groups is 1. The van der Waals surface area contributed by atoms with Crippen molar-refractivity contribution >= 4 is 11.9 Å². The lowest BCUT2D eigenvalue weighted by atomic mass is 10.2. The molecule has 0 aliphatic heterocycles. The Hall–Kier alpha value is -2.04.